The van der Waals surface area contributed by atoms with E-state index in [1.807, 2.05) is 36.7 Å². The van der Waals surface area contributed by atoms with Crippen LogP contribution in [0.25, 0.3) is 0 Å². The summed E-state index contributed by atoms with van der Waals surface area (Å²) in [6.07, 6.45) is 1.09. The van der Waals surface area contributed by atoms with Gasteiger partial charge in [-0.05, 0) is 55.7 Å². The predicted octanol–water partition coefficient (Wildman–Crippen LogP) is 3.69. The van der Waals surface area contributed by atoms with Crippen molar-refractivity contribution >= 4 is 22.9 Å². The van der Waals surface area contributed by atoms with E-state index in [0.717, 1.165) is 36.5 Å². The molecule has 2 rings (SSSR count). The van der Waals surface area contributed by atoms with Crippen LogP contribution in [0, 0.1) is 0 Å². The van der Waals surface area contributed by atoms with Crippen LogP contribution in [0.1, 0.15) is 16.9 Å². The second kappa shape index (κ2) is 9.78. The molecule has 0 saturated carbocycles. The number of rotatable bonds is 10. The minimum Gasteiger partial charge on any atom is -0.493 e. The van der Waals surface area contributed by atoms with Crippen molar-refractivity contribution in [3.05, 3.63) is 45.1 Å². The summed E-state index contributed by atoms with van der Waals surface area (Å²) in [5, 5.41) is 9.13. The highest BCUT2D eigenvalue weighted by atomic mass is 35.5. The highest BCUT2D eigenvalue weighted by Gasteiger charge is 2.12. The monoisotopic (exact) mass is 354 g/mol. The first kappa shape index (κ1) is 18.1. The molecule has 0 aliphatic heterocycles. The molecule has 126 valence electrons. The zero-order valence-electron chi connectivity index (χ0n) is 13.5. The van der Waals surface area contributed by atoms with E-state index >= 15 is 0 Å². The fourth-order valence-electron chi connectivity index (χ4n) is 2.18. The van der Waals surface area contributed by atoms with Crippen molar-refractivity contribution < 1.29 is 9.47 Å². The summed E-state index contributed by atoms with van der Waals surface area (Å²) in [5.41, 5.74) is 1.08. The van der Waals surface area contributed by atoms with E-state index in [2.05, 4.69) is 10.6 Å². The molecular weight excluding hydrogens is 332 g/mol. The second-order valence-corrected chi connectivity index (χ2v) is 6.55. The number of nitrogens with one attached hydrogen (secondary N) is 2. The minimum atomic E-state index is 0.495. The van der Waals surface area contributed by atoms with Gasteiger partial charge in [0.1, 0.15) is 6.61 Å². The maximum Gasteiger partial charge on any atom is 0.180 e. The summed E-state index contributed by atoms with van der Waals surface area (Å²) < 4.78 is 11.3. The maximum absolute atomic E-state index is 6.38. The van der Waals surface area contributed by atoms with Gasteiger partial charge in [-0.25, -0.2) is 0 Å². The molecule has 2 aromatic rings. The molecule has 0 aliphatic carbocycles. The number of thiophene rings is 1. The number of hydrogen-bond acceptors (Lipinski definition) is 5. The molecule has 0 unspecified atom stereocenters. The predicted molar refractivity (Wildman–Crippen MR) is 96.9 cm³/mol. The third-order valence-electron chi connectivity index (χ3n) is 3.34. The van der Waals surface area contributed by atoms with Gasteiger partial charge in [-0.2, -0.15) is 0 Å². The summed E-state index contributed by atoms with van der Waals surface area (Å²) in [6.45, 7) is 3.21. The van der Waals surface area contributed by atoms with Crippen molar-refractivity contribution in [2.75, 3.05) is 27.2 Å². The molecule has 0 fully saturated rings. The molecule has 1 aromatic heterocycles. The zero-order valence-corrected chi connectivity index (χ0v) is 15.1. The Kier molecular flexibility index (Phi) is 7.68. The lowest BCUT2D eigenvalue weighted by Gasteiger charge is -2.14. The summed E-state index contributed by atoms with van der Waals surface area (Å²) in [4.78, 5) is 1.15. The normalized spacial score (nSPS) is 10.7. The van der Waals surface area contributed by atoms with Gasteiger partial charge < -0.3 is 20.1 Å². The van der Waals surface area contributed by atoms with E-state index in [0.29, 0.717) is 23.1 Å². The molecule has 1 heterocycles. The summed E-state index contributed by atoms with van der Waals surface area (Å²) >= 11 is 8.03. The lowest BCUT2D eigenvalue weighted by molar-refractivity contribution is 0.287. The average molecular weight is 355 g/mol. The molecule has 0 saturated heterocycles. The fourth-order valence-corrected chi connectivity index (χ4v) is 3.08. The lowest BCUT2D eigenvalue weighted by Crippen LogP contribution is -2.19. The van der Waals surface area contributed by atoms with Crippen LogP contribution in [0.5, 0.6) is 11.5 Å². The quantitative estimate of drug-likeness (QED) is 0.639. The van der Waals surface area contributed by atoms with Crippen LogP contribution in [0.2, 0.25) is 5.02 Å². The highest BCUT2D eigenvalue weighted by molar-refractivity contribution is 7.09. The van der Waals surface area contributed by atoms with Crippen molar-refractivity contribution in [1.82, 2.24) is 10.6 Å². The minimum absolute atomic E-state index is 0.495. The topological polar surface area (TPSA) is 42.5 Å². The molecule has 0 radical (unpaired) electrons. The van der Waals surface area contributed by atoms with Crippen LogP contribution in [-0.4, -0.2) is 27.2 Å². The van der Waals surface area contributed by atoms with Crippen LogP contribution < -0.4 is 20.1 Å². The lowest BCUT2D eigenvalue weighted by atomic mass is 10.2. The van der Waals surface area contributed by atoms with Gasteiger partial charge in [0.25, 0.3) is 0 Å². The van der Waals surface area contributed by atoms with Crippen LogP contribution in [0.15, 0.2) is 29.6 Å². The largest absolute Gasteiger partial charge is 0.493 e. The molecule has 0 bridgehead atoms. The molecular formula is C17H23ClN2O2S. The maximum atomic E-state index is 6.38. The average Bonchev–Trinajstić information content (AvgIpc) is 3.06. The van der Waals surface area contributed by atoms with Crippen LogP contribution >= 0.6 is 22.9 Å². The molecule has 23 heavy (non-hydrogen) atoms. The van der Waals surface area contributed by atoms with E-state index in [-0.39, 0.29) is 0 Å². The van der Waals surface area contributed by atoms with Gasteiger partial charge in [0.2, 0.25) is 0 Å². The standard InChI is InChI=1S/C17H23ClN2O2S/c1-19-6-4-7-20-11-13-9-15(18)17(16(10-13)21-2)22-12-14-5-3-8-23-14/h3,5,8-10,19-20H,4,6-7,11-12H2,1-2H3. The number of halogens is 1. The van der Waals surface area contributed by atoms with Crippen LogP contribution in [0.4, 0.5) is 0 Å². The van der Waals surface area contributed by atoms with Gasteiger partial charge >= 0.3 is 0 Å². The Morgan fingerprint density at radius 3 is 2.83 bits per heavy atom. The van der Waals surface area contributed by atoms with Gasteiger partial charge in [0, 0.05) is 11.4 Å². The molecule has 0 spiro atoms. The number of hydrogen-bond donors (Lipinski definition) is 2. The molecule has 0 aliphatic rings. The number of benzene rings is 1. The van der Waals surface area contributed by atoms with Gasteiger partial charge in [-0.1, -0.05) is 17.7 Å². The van der Waals surface area contributed by atoms with E-state index < -0.39 is 0 Å². The third kappa shape index (κ3) is 5.70. The van der Waals surface area contributed by atoms with E-state index in [9.17, 15) is 0 Å². The molecule has 2 N–H and O–H groups in total. The van der Waals surface area contributed by atoms with Gasteiger partial charge in [-0.15, -0.1) is 11.3 Å². The van der Waals surface area contributed by atoms with Gasteiger partial charge in [0.05, 0.1) is 12.1 Å². The first-order valence-electron chi connectivity index (χ1n) is 7.61. The van der Waals surface area contributed by atoms with Crippen molar-refractivity contribution in [3.63, 3.8) is 0 Å². The zero-order chi connectivity index (χ0) is 16.5. The summed E-state index contributed by atoms with van der Waals surface area (Å²) in [7, 11) is 3.59. The smallest absolute Gasteiger partial charge is 0.180 e. The number of ether oxygens (including phenoxy) is 2. The van der Waals surface area contributed by atoms with E-state index in [1.54, 1.807) is 18.4 Å². The van der Waals surface area contributed by atoms with Gasteiger partial charge in [0.15, 0.2) is 11.5 Å². The molecule has 1 aromatic carbocycles. The van der Waals surface area contributed by atoms with Crippen LogP contribution in [-0.2, 0) is 13.2 Å². The molecule has 4 nitrogen and oxygen atoms in total. The van der Waals surface area contributed by atoms with E-state index in [4.69, 9.17) is 21.1 Å². The summed E-state index contributed by atoms with van der Waals surface area (Å²) in [6, 6.07) is 7.94. The number of methoxy groups -OCH3 is 1. The molecule has 6 heteroatoms. The van der Waals surface area contributed by atoms with E-state index in [1.165, 1.54) is 0 Å². The Morgan fingerprint density at radius 1 is 1.26 bits per heavy atom. The highest BCUT2D eigenvalue weighted by Crippen LogP contribution is 2.37. The third-order valence-corrected chi connectivity index (χ3v) is 4.47. The fraction of sp³-hybridized carbons (Fsp3) is 0.412. The van der Waals surface area contributed by atoms with Crippen molar-refractivity contribution in [2.45, 2.75) is 19.6 Å². The SMILES string of the molecule is CNCCCNCc1cc(Cl)c(OCc2cccs2)c(OC)c1. The second-order valence-electron chi connectivity index (χ2n) is 5.11. The van der Waals surface area contributed by atoms with Gasteiger partial charge in [-0.3, -0.25) is 0 Å². The molecule has 0 amide bonds. The molecule has 0 atom stereocenters. The first-order valence-corrected chi connectivity index (χ1v) is 8.87. The van der Waals surface area contributed by atoms with Crippen LogP contribution in [0.3, 0.4) is 0 Å². The van der Waals surface area contributed by atoms with Crippen molar-refractivity contribution in [2.24, 2.45) is 0 Å². The Hall–Kier alpha value is -1.27. The first-order chi connectivity index (χ1) is 11.2. The Balaban J connectivity index is 1.97. The van der Waals surface area contributed by atoms with Crippen molar-refractivity contribution in [3.8, 4) is 11.5 Å². The Labute approximate surface area is 146 Å². The Bertz CT molecular complexity index is 591. The Morgan fingerprint density at radius 2 is 2.13 bits per heavy atom. The summed E-state index contributed by atoms with van der Waals surface area (Å²) in [5.74, 6) is 1.27. The van der Waals surface area contributed by atoms with Crippen molar-refractivity contribution in [1.29, 1.82) is 0 Å².